The van der Waals surface area contributed by atoms with Gasteiger partial charge < -0.3 is 29.9 Å². The fourth-order valence-corrected chi connectivity index (χ4v) is 6.23. The number of fused-ring (bicyclic) bond motifs is 1. The minimum Gasteiger partial charge on any atom is -0.378 e. The summed E-state index contributed by atoms with van der Waals surface area (Å²) < 4.78 is 11.9. The van der Waals surface area contributed by atoms with Gasteiger partial charge in [-0.3, -0.25) is 14.9 Å². The molecule has 0 aliphatic carbocycles. The normalized spacial score (nSPS) is 25.6. The number of hydrogen-bond donors (Lipinski definition) is 1. The third-order valence-corrected chi connectivity index (χ3v) is 8.27. The minimum absolute atomic E-state index is 0.00433. The van der Waals surface area contributed by atoms with Crippen LogP contribution in [0.2, 0.25) is 0 Å². The molecule has 12 heteroatoms. The van der Waals surface area contributed by atoms with Gasteiger partial charge in [0.2, 0.25) is 5.95 Å². The van der Waals surface area contributed by atoms with Gasteiger partial charge in [0, 0.05) is 90.2 Å². The highest BCUT2D eigenvalue weighted by Gasteiger charge is 2.33. The van der Waals surface area contributed by atoms with E-state index in [4.69, 9.17) is 25.2 Å². The number of nitriles is 1. The molecule has 3 saturated heterocycles. The lowest BCUT2D eigenvalue weighted by Crippen LogP contribution is -2.54. The molecule has 0 radical (unpaired) electrons. The number of anilines is 3. The van der Waals surface area contributed by atoms with Gasteiger partial charge in [-0.05, 0) is 26.0 Å². The van der Waals surface area contributed by atoms with Crippen molar-refractivity contribution in [2.75, 3.05) is 80.7 Å². The van der Waals surface area contributed by atoms with Crippen molar-refractivity contribution in [3.63, 3.8) is 0 Å². The molecule has 3 aliphatic heterocycles. The van der Waals surface area contributed by atoms with Crippen LogP contribution < -0.4 is 20.4 Å². The fraction of sp³-hybridized carbons (Fsp3) is 0.552. The number of nitrogens with zero attached hydrogens (tertiary/aromatic N) is 9. The van der Waals surface area contributed by atoms with Crippen molar-refractivity contribution in [2.24, 2.45) is 5.73 Å². The summed E-state index contributed by atoms with van der Waals surface area (Å²) in [6.45, 7) is 11.5. The minimum atomic E-state index is -0.0414. The lowest BCUT2D eigenvalue weighted by molar-refractivity contribution is -0.0327. The van der Waals surface area contributed by atoms with Crippen molar-refractivity contribution >= 4 is 28.5 Å². The number of ether oxygens (including phenoxy) is 2. The van der Waals surface area contributed by atoms with E-state index in [1.54, 1.807) is 19.5 Å². The van der Waals surface area contributed by atoms with Gasteiger partial charge in [0.15, 0.2) is 0 Å². The number of piperazine rings is 1. The molecule has 3 aromatic rings. The van der Waals surface area contributed by atoms with Gasteiger partial charge in [-0.2, -0.15) is 10.2 Å². The molecular formula is C29H38N10O2. The van der Waals surface area contributed by atoms with Gasteiger partial charge in [0.05, 0.1) is 35.6 Å². The van der Waals surface area contributed by atoms with E-state index in [2.05, 4.69) is 48.6 Å². The van der Waals surface area contributed by atoms with E-state index < -0.39 is 0 Å². The van der Waals surface area contributed by atoms with Gasteiger partial charge in [0.1, 0.15) is 22.9 Å². The van der Waals surface area contributed by atoms with Crippen molar-refractivity contribution in [1.82, 2.24) is 24.8 Å². The number of morpholine rings is 1. The van der Waals surface area contributed by atoms with Crippen molar-refractivity contribution < 1.29 is 9.47 Å². The molecule has 4 atom stereocenters. The Bertz CT molecular complexity index is 1420. The fourth-order valence-electron chi connectivity index (χ4n) is 6.23. The highest BCUT2D eigenvalue weighted by Crippen LogP contribution is 2.29. The van der Waals surface area contributed by atoms with E-state index >= 15 is 0 Å². The van der Waals surface area contributed by atoms with E-state index in [1.165, 1.54) is 0 Å². The summed E-state index contributed by atoms with van der Waals surface area (Å²) in [6, 6.07) is 8.10. The SMILES string of the molecule is CO[C@@H]1CN(c2nc(C)cc(N3CCN(C[C@H]4CN(c5ccc(C#N)c6nccnc56)C[C@@H](C)O4)CC3)n2)C[C@@H]1N. The monoisotopic (exact) mass is 558 g/mol. The standard InChI is InChI=1S/C29H38N10O2/c1-19-12-26(35-29(34-19)39-17-23(31)25(18-39)40-3)37-10-8-36(9-11-37)15-22-16-38(14-20(2)41-22)24-5-4-21(13-30)27-28(24)33-7-6-32-27/h4-7,12,20,22-23,25H,8-11,14-18,31H2,1-3H3/t20-,22+,23+,25-/m1/s1. The lowest BCUT2D eigenvalue weighted by atomic mass is 10.1. The van der Waals surface area contributed by atoms with Crippen LogP contribution in [-0.4, -0.2) is 115 Å². The Labute approximate surface area is 240 Å². The number of hydrogen-bond acceptors (Lipinski definition) is 12. The first-order valence-electron chi connectivity index (χ1n) is 14.3. The van der Waals surface area contributed by atoms with Crippen LogP contribution in [0.15, 0.2) is 30.6 Å². The highest BCUT2D eigenvalue weighted by atomic mass is 16.5. The molecule has 0 saturated carbocycles. The molecule has 2 aromatic heterocycles. The number of rotatable bonds is 6. The molecule has 5 heterocycles. The first-order chi connectivity index (χ1) is 19.9. The number of methoxy groups -OCH3 is 1. The Morgan fingerprint density at radius 1 is 1.00 bits per heavy atom. The van der Waals surface area contributed by atoms with Crippen LogP contribution in [0.4, 0.5) is 17.5 Å². The Morgan fingerprint density at radius 2 is 1.78 bits per heavy atom. The van der Waals surface area contributed by atoms with Crippen molar-refractivity contribution in [2.45, 2.75) is 38.2 Å². The summed E-state index contributed by atoms with van der Waals surface area (Å²) in [5.41, 5.74) is 10.2. The molecule has 0 bridgehead atoms. The van der Waals surface area contributed by atoms with Crippen molar-refractivity contribution in [3.8, 4) is 6.07 Å². The number of aromatic nitrogens is 4. The van der Waals surface area contributed by atoms with Crippen LogP contribution in [0.25, 0.3) is 11.0 Å². The maximum atomic E-state index is 9.52. The third-order valence-electron chi connectivity index (χ3n) is 8.27. The van der Waals surface area contributed by atoms with Crippen molar-refractivity contribution in [1.29, 1.82) is 5.26 Å². The molecule has 6 rings (SSSR count). The number of benzene rings is 1. The van der Waals surface area contributed by atoms with Crippen molar-refractivity contribution in [3.05, 3.63) is 41.9 Å². The molecule has 216 valence electrons. The summed E-state index contributed by atoms with van der Waals surface area (Å²) in [4.78, 5) is 27.9. The lowest BCUT2D eigenvalue weighted by Gasteiger charge is -2.42. The Balaban J connectivity index is 1.09. The first kappa shape index (κ1) is 27.5. The summed E-state index contributed by atoms with van der Waals surface area (Å²) in [6.07, 6.45) is 3.46. The topological polar surface area (TPSA) is 133 Å². The average molecular weight is 559 g/mol. The quantitative estimate of drug-likeness (QED) is 0.466. The van der Waals surface area contributed by atoms with Crippen LogP contribution in [0.3, 0.4) is 0 Å². The summed E-state index contributed by atoms with van der Waals surface area (Å²) >= 11 is 0. The predicted octanol–water partition coefficient (Wildman–Crippen LogP) is 1.18. The largest absolute Gasteiger partial charge is 0.378 e. The van der Waals surface area contributed by atoms with Crippen LogP contribution in [0.1, 0.15) is 18.2 Å². The predicted molar refractivity (Wildman–Crippen MR) is 157 cm³/mol. The van der Waals surface area contributed by atoms with Gasteiger partial charge >= 0.3 is 0 Å². The van der Waals surface area contributed by atoms with Gasteiger partial charge in [-0.15, -0.1) is 0 Å². The van der Waals surface area contributed by atoms with E-state index in [1.807, 2.05) is 19.1 Å². The molecule has 12 nitrogen and oxygen atoms in total. The number of nitrogens with two attached hydrogens (primary N) is 1. The first-order valence-corrected chi connectivity index (χ1v) is 14.3. The zero-order chi connectivity index (χ0) is 28.5. The molecule has 1 aromatic carbocycles. The summed E-state index contributed by atoms with van der Waals surface area (Å²) in [5, 5.41) is 9.52. The molecule has 0 spiro atoms. The number of aryl methyl sites for hydroxylation is 1. The van der Waals surface area contributed by atoms with Gasteiger partial charge in [-0.25, -0.2) is 4.98 Å². The summed E-state index contributed by atoms with van der Waals surface area (Å²) in [7, 11) is 1.70. The maximum absolute atomic E-state index is 9.52. The zero-order valence-electron chi connectivity index (χ0n) is 24.0. The molecule has 2 N–H and O–H groups in total. The Kier molecular flexibility index (Phi) is 7.86. The second-order valence-corrected chi connectivity index (χ2v) is 11.3. The molecule has 3 fully saturated rings. The van der Waals surface area contributed by atoms with Gasteiger partial charge in [0.25, 0.3) is 0 Å². The second-order valence-electron chi connectivity index (χ2n) is 11.3. The van der Waals surface area contributed by atoms with E-state index in [-0.39, 0.29) is 24.4 Å². The average Bonchev–Trinajstić information content (AvgIpc) is 3.37. The molecule has 3 aliphatic rings. The van der Waals surface area contributed by atoms with Crippen LogP contribution in [0, 0.1) is 18.3 Å². The zero-order valence-corrected chi connectivity index (χ0v) is 24.0. The summed E-state index contributed by atoms with van der Waals surface area (Å²) in [5.74, 6) is 1.69. The second kappa shape index (κ2) is 11.7. The van der Waals surface area contributed by atoms with E-state index in [9.17, 15) is 5.26 Å². The highest BCUT2D eigenvalue weighted by molar-refractivity contribution is 5.92. The van der Waals surface area contributed by atoms with E-state index in [0.29, 0.717) is 24.2 Å². The molecule has 41 heavy (non-hydrogen) atoms. The smallest absolute Gasteiger partial charge is 0.227 e. The third kappa shape index (κ3) is 5.76. The van der Waals surface area contributed by atoms with E-state index in [0.717, 1.165) is 74.5 Å². The van der Waals surface area contributed by atoms with Crippen LogP contribution in [-0.2, 0) is 9.47 Å². The Morgan fingerprint density at radius 3 is 2.51 bits per heavy atom. The molecular weight excluding hydrogens is 520 g/mol. The van der Waals surface area contributed by atoms with Crippen LogP contribution in [0.5, 0.6) is 0 Å². The molecule has 0 amide bonds. The molecule has 0 unspecified atom stereocenters. The maximum Gasteiger partial charge on any atom is 0.227 e. The Hall–Kier alpha value is -3.63. The van der Waals surface area contributed by atoms with Gasteiger partial charge in [-0.1, -0.05) is 0 Å². The van der Waals surface area contributed by atoms with Crippen LogP contribution >= 0.6 is 0 Å².